The van der Waals surface area contributed by atoms with Crippen molar-refractivity contribution in [1.29, 1.82) is 0 Å². The Bertz CT molecular complexity index is 1870. The number of benzene rings is 5. The Morgan fingerprint density at radius 2 is 1.31 bits per heavy atom. The lowest BCUT2D eigenvalue weighted by Gasteiger charge is -2.12. The van der Waals surface area contributed by atoms with Crippen molar-refractivity contribution < 1.29 is 0 Å². The van der Waals surface area contributed by atoms with Gasteiger partial charge in [0.15, 0.2) is 5.84 Å². The van der Waals surface area contributed by atoms with E-state index < -0.39 is 0 Å². The molecule has 0 atom stereocenters. The summed E-state index contributed by atoms with van der Waals surface area (Å²) in [6.07, 6.45) is 11.8. The molecule has 0 aromatic heterocycles. The fraction of sp³-hybridized carbons (Fsp3) is 0.0698. The second-order valence-corrected chi connectivity index (χ2v) is 10.7. The normalized spacial score (nSPS) is 11.6. The first-order valence-corrected chi connectivity index (χ1v) is 15.3. The molecule has 0 fully saturated rings. The fourth-order valence-electron chi connectivity index (χ4n) is 5.30. The summed E-state index contributed by atoms with van der Waals surface area (Å²) in [4.78, 5) is 9.00. The van der Waals surface area contributed by atoms with E-state index in [1.54, 1.807) is 6.08 Å². The van der Waals surface area contributed by atoms with Gasteiger partial charge < -0.3 is 0 Å². The van der Waals surface area contributed by atoms with Crippen molar-refractivity contribution in [3.8, 4) is 33.4 Å². The predicted molar refractivity (Wildman–Crippen MR) is 196 cm³/mol. The van der Waals surface area contributed by atoms with E-state index in [-0.39, 0.29) is 0 Å². The Morgan fingerprint density at radius 1 is 0.644 bits per heavy atom. The van der Waals surface area contributed by atoms with E-state index in [1.165, 1.54) is 27.8 Å². The topological polar surface area (TPSA) is 24.7 Å². The van der Waals surface area contributed by atoms with Crippen LogP contribution < -0.4 is 0 Å². The summed E-state index contributed by atoms with van der Waals surface area (Å²) >= 11 is 0. The van der Waals surface area contributed by atoms with Crippen molar-refractivity contribution in [2.24, 2.45) is 9.98 Å². The van der Waals surface area contributed by atoms with Crippen LogP contribution in [0.2, 0.25) is 0 Å². The van der Waals surface area contributed by atoms with E-state index in [4.69, 9.17) is 4.99 Å². The molecule has 0 unspecified atom stereocenters. The summed E-state index contributed by atoms with van der Waals surface area (Å²) in [7, 11) is 0. The van der Waals surface area contributed by atoms with Gasteiger partial charge in [-0.2, -0.15) is 0 Å². The molecule has 0 aliphatic carbocycles. The monoisotopic (exact) mass is 582 g/mol. The zero-order valence-electron chi connectivity index (χ0n) is 25.9. The first kappa shape index (κ1) is 30.8. The lowest BCUT2D eigenvalue weighted by molar-refractivity contribution is 1.14. The number of aryl methyl sites for hydroxylation is 1. The molecule has 0 saturated carbocycles. The van der Waals surface area contributed by atoms with Gasteiger partial charge in [-0.25, -0.2) is 9.98 Å². The average molecular weight is 583 g/mol. The van der Waals surface area contributed by atoms with E-state index >= 15 is 0 Å². The van der Waals surface area contributed by atoms with Gasteiger partial charge in [-0.1, -0.05) is 166 Å². The largest absolute Gasteiger partial charge is 0.245 e. The number of amidine groups is 1. The molecule has 0 aliphatic heterocycles. The van der Waals surface area contributed by atoms with Crippen LogP contribution in [-0.2, 0) is 12.8 Å². The van der Waals surface area contributed by atoms with Crippen LogP contribution in [0.5, 0.6) is 0 Å². The molecule has 2 heteroatoms. The molecular formula is C43H38N2. The van der Waals surface area contributed by atoms with Gasteiger partial charge in [-0.05, 0) is 75.7 Å². The van der Waals surface area contributed by atoms with Crippen molar-refractivity contribution in [3.05, 3.63) is 187 Å². The molecule has 5 rings (SSSR count). The molecule has 0 amide bonds. The minimum absolute atomic E-state index is 0.551. The summed E-state index contributed by atoms with van der Waals surface area (Å²) in [5.74, 6) is 0.551. The predicted octanol–water partition coefficient (Wildman–Crippen LogP) is 11.2. The fourth-order valence-corrected chi connectivity index (χ4v) is 5.30. The zero-order chi connectivity index (χ0) is 31.4. The number of hydrogen-bond donors (Lipinski definition) is 0. The quantitative estimate of drug-likeness (QED) is 0.0841. The van der Waals surface area contributed by atoms with Gasteiger partial charge in [0.1, 0.15) is 0 Å². The highest BCUT2D eigenvalue weighted by molar-refractivity contribution is 6.04. The van der Waals surface area contributed by atoms with Crippen molar-refractivity contribution in [1.82, 2.24) is 0 Å². The second kappa shape index (κ2) is 15.2. The Morgan fingerprint density at radius 3 is 2.02 bits per heavy atom. The minimum Gasteiger partial charge on any atom is -0.245 e. The van der Waals surface area contributed by atoms with Gasteiger partial charge in [-0.3, -0.25) is 0 Å². The lowest BCUT2D eigenvalue weighted by Crippen LogP contribution is -1.98. The molecule has 0 spiro atoms. The molecule has 0 heterocycles. The maximum Gasteiger partial charge on any atom is 0.159 e. The van der Waals surface area contributed by atoms with Crippen LogP contribution in [0, 0.1) is 0 Å². The second-order valence-electron chi connectivity index (χ2n) is 10.7. The highest BCUT2D eigenvalue weighted by atomic mass is 14.9. The lowest BCUT2D eigenvalue weighted by atomic mass is 9.93. The van der Waals surface area contributed by atoms with Crippen LogP contribution in [0.4, 0.5) is 0 Å². The van der Waals surface area contributed by atoms with Crippen LogP contribution in [-0.4, -0.2) is 12.6 Å². The van der Waals surface area contributed by atoms with Crippen LogP contribution >= 0.6 is 0 Å². The first-order chi connectivity index (χ1) is 22.1. The van der Waals surface area contributed by atoms with E-state index in [1.807, 2.05) is 42.5 Å². The number of hydrogen-bond acceptors (Lipinski definition) is 1. The van der Waals surface area contributed by atoms with Crippen molar-refractivity contribution >= 4 is 18.3 Å². The SMILES string of the molecule is C=C/C=C\C=C/Cc1ccc(-c2ccc(-c3ccc(C(=C)N=C(N=C)c4cccc(-c5ccccc5)c4)cc3)cc2CC)cc1. The third-order valence-electron chi connectivity index (χ3n) is 7.77. The van der Waals surface area contributed by atoms with E-state index in [0.717, 1.165) is 40.7 Å². The third-order valence-corrected chi connectivity index (χ3v) is 7.77. The molecule has 0 aliphatic rings. The standard InChI is InChI=1S/C43H38N2/c1-5-7-8-9-11-15-33-20-22-38(23-21-33)42-29-28-40(30-34(42)6-2)37-26-24-35(25-27-37)32(3)45-43(44-4)41-19-14-18-39(31-41)36-16-12-10-13-17-36/h5,7-14,16-31H,1,3-4,6,15H2,2H3/b8-7-,11-9-,45-43?. The Hall–Kier alpha value is -5.60. The van der Waals surface area contributed by atoms with Crippen LogP contribution in [0.3, 0.4) is 0 Å². The van der Waals surface area contributed by atoms with Crippen LogP contribution in [0.1, 0.15) is 29.2 Å². The molecule has 0 N–H and O–H groups in total. The van der Waals surface area contributed by atoms with Gasteiger partial charge >= 0.3 is 0 Å². The smallest absolute Gasteiger partial charge is 0.159 e. The minimum atomic E-state index is 0.551. The number of aliphatic imine (C=N–C) groups is 2. The van der Waals surface area contributed by atoms with Gasteiger partial charge in [-0.15, -0.1) is 0 Å². The third kappa shape index (κ3) is 7.87. The molecule has 0 radical (unpaired) electrons. The van der Waals surface area contributed by atoms with Crippen molar-refractivity contribution in [2.75, 3.05) is 0 Å². The van der Waals surface area contributed by atoms with Gasteiger partial charge in [0, 0.05) is 5.56 Å². The molecular weight excluding hydrogens is 544 g/mol. The summed E-state index contributed by atoms with van der Waals surface area (Å²) in [5.41, 5.74) is 12.2. The van der Waals surface area contributed by atoms with E-state index in [0.29, 0.717) is 11.5 Å². The summed E-state index contributed by atoms with van der Waals surface area (Å²) in [6, 6.07) is 42.5. The highest BCUT2D eigenvalue weighted by Gasteiger charge is 2.09. The first-order valence-electron chi connectivity index (χ1n) is 15.3. The maximum absolute atomic E-state index is 4.76. The summed E-state index contributed by atoms with van der Waals surface area (Å²) < 4.78 is 0. The van der Waals surface area contributed by atoms with Gasteiger partial charge in [0.2, 0.25) is 0 Å². The average Bonchev–Trinajstić information content (AvgIpc) is 3.11. The zero-order valence-corrected chi connectivity index (χ0v) is 25.9. The summed E-state index contributed by atoms with van der Waals surface area (Å²) in [5, 5.41) is 0. The van der Waals surface area contributed by atoms with E-state index in [2.05, 4.69) is 135 Å². The number of rotatable bonds is 11. The van der Waals surface area contributed by atoms with Crippen LogP contribution in [0.25, 0.3) is 39.1 Å². The molecule has 5 aromatic carbocycles. The highest BCUT2D eigenvalue weighted by Crippen LogP contribution is 2.31. The molecule has 2 nitrogen and oxygen atoms in total. The van der Waals surface area contributed by atoms with Gasteiger partial charge in [0.25, 0.3) is 0 Å². The Balaban J connectivity index is 1.31. The van der Waals surface area contributed by atoms with E-state index in [9.17, 15) is 0 Å². The molecule has 5 aromatic rings. The Kier molecular flexibility index (Phi) is 10.4. The van der Waals surface area contributed by atoms with Crippen LogP contribution in [0.15, 0.2) is 175 Å². The molecule has 45 heavy (non-hydrogen) atoms. The van der Waals surface area contributed by atoms with Crippen molar-refractivity contribution in [2.45, 2.75) is 19.8 Å². The molecule has 220 valence electrons. The molecule has 0 bridgehead atoms. The number of nitrogens with zero attached hydrogens (tertiary/aromatic N) is 2. The van der Waals surface area contributed by atoms with Crippen molar-refractivity contribution in [3.63, 3.8) is 0 Å². The number of allylic oxidation sites excluding steroid dienone is 5. The van der Waals surface area contributed by atoms with Gasteiger partial charge in [0.05, 0.1) is 5.70 Å². The maximum atomic E-state index is 4.76. The Labute approximate surface area is 267 Å². The summed E-state index contributed by atoms with van der Waals surface area (Å²) in [6.45, 7) is 13.9. The molecule has 0 saturated heterocycles.